The van der Waals surface area contributed by atoms with Crippen molar-refractivity contribution in [2.24, 2.45) is 23.2 Å². The fraction of sp³-hybridized carbons (Fsp3) is 0.875. The van der Waals surface area contributed by atoms with Crippen LogP contribution in [-0.4, -0.2) is 34.7 Å². The molecule has 0 aromatic rings. The molecular formula is C16H29NO4. The van der Waals surface area contributed by atoms with E-state index in [1.165, 1.54) is 0 Å². The molecule has 5 nitrogen and oxygen atoms in total. The molecule has 1 amide bonds. The summed E-state index contributed by atoms with van der Waals surface area (Å²) in [6.07, 6.45) is 2.63. The van der Waals surface area contributed by atoms with Crippen LogP contribution in [0.4, 0.5) is 0 Å². The van der Waals surface area contributed by atoms with Crippen molar-refractivity contribution in [3.05, 3.63) is 0 Å². The number of nitrogens with one attached hydrogen (secondary N) is 1. The monoisotopic (exact) mass is 299 g/mol. The fourth-order valence-corrected chi connectivity index (χ4v) is 3.17. The summed E-state index contributed by atoms with van der Waals surface area (Å²) in [5, 5.41) is 21.4. The lowest BCUT2D eigenvalue weighted by atomic mass is 9.84. The summed E-state index contributed by atoms with van der Waals surface area (Å²) in [4.78, 5) is 23.9. The maximum absolute atomic E-state index is 12.5. The zero-order chi connectivity index (χ0) is 16.2. The molecule has 0 spiro atoms. The molecule has 0 radical (unpaired) electrons. The van der Waals surface area contributed by atoms with Gasteiger partial charge in [-0.3, -0.25) is 9.59 Å². The lowest BCUT2D eigenvalue weighted by molar-refractivity contribution is -0.146. The van der Waals surface area contributed by atoms with Gasteiger partial charge in [0, 0.05) is 12.6 Å². The minimum Gasteiger partial charge on any atom is -0.481 e. The van der Waals surface area contributed by atoms with Crippen LogP contribution < -0.4 is 5.32 Å². The molecule has 0 aliphatic heterocycles. The minimum absolute atomic E-state index is 0.00677. The third-order valence-corrected chi connectivity index (χ3v) is 4.67. The molecule has 2 unspecified atom stereocenters. The maximum Gasteiger partial charge on any atom is 0.307 e. The molecule has 4 atom stereocenters. The van der Waals surface area contributed by atoms with Crippen LogP contribution in [0.1, 0.15) is 53.4 Å². The Balaban J connectivity index is 2.78. The molecule has 122 valence electrons. The predicted octanol–water partition coefficient (Wildman–Crippen LogP) is 2.04. The highest BCUT2D eigenvalue weighted by Gasteiger charge is 2.43. The number of hydrogen-bond donors (Lipinski definition) is 3. The van der Waals surface area contributed by atoms with E-state index in [0.29, 0.717) is 25.2 Å². The summed E-state index contributed by atoms with van der Waals surface area (Å²) in [6.45, 7) is 8.06. The van der Waals surface area contributed by atoms with Gasteiger partial charge in [-0.1, -0.05) is 34.1 Å². The Morgan fingerprint density at radius 3 is 2.24 bits per heavy atom. The first-order valence-electron chi connectivity index (χ1n) is 7.84. The average molecular weight is 299 g/mol. The van der Waals surface area contributed by atoms with Crippen molar-refractivity contribution >= 4 is 11.9 Å². The number of aliphatic hydroxyl groups is 1. The number of carboxylic acid groups (broad SMARTS) is 1. The molecule has 21 heavy (non-hydrogen) atoms. The van der Waals surface area contributed by atoms with Crippen molar-refractivity contribution in [1.82, 2.24) is 5.32 Å². The number of aliphatic carboxylic acids is 1. The lowest BCUT2D eigenvalue weighted by Gasteiger charge is -2.32. The van der Waals surface area contributed by atoms with Gasteiger partial charge >= 0.3 is 5.97 Å². The van der Waals surface area contributed by atoms with E-state index in [-0.39, 0.29) is 24.0 Å². The van der Waals surface area contributed by atoms with Crippen LogP contribution in [0.15, 0.2) is 0 Å². The standard InChI is InChI=1S/C16H29NO4/c1-5-10-8-11(12(9-10)15(20)21)14(19)17-13(6-7-18)16(2,3)4/h10-13,18H,5-9H2,1-4H3,(H,17,19)(H,20,21)/t10?,11-,12+,13?/m0/s1. The van der Waals surface area contributed by atoms with E-state index in [2.05, 4.69) is 5.32 Å². The van der Waals surface area contributed by atoms with Crippen molar-refractivity contribution in [2.75, 3.05) is 6.61 Å². The van der Waals surface area contributed by atoms with Gasteiger partial charge < -0.3 is 15.5 Å². The highest BCUT2D eigenvalue weighted by atomic mass is 16.4. The van der Waals surface area contributed by atoms with Gasteiger partial charge in [0.2, 0.25) is 5.91 Å². The van der Waals surface area contributed by atoms with Crippen LogP contribution in [0.5, 0.6) is 0 Å². The highest BCUT2D eigenvalue weighted by Crippen LogP contribution is 2.38. The number of carbonyl (C=O) groups excluding carboxylic acids is 1. The minimum atomic E-state index is -0.874. The molecule has 1 aliphatic rings. The van der Waals surface area contributed by atoms with E-state index in [1.807, 2.05) is 27.7 Å². The Labute approximate surface area is 127 Å². The topological polar surface area (TPSA) is 86.6 Å². The third kappa shape index (κ3) is 4.70. The van der Waals surface area contributed by atoms with Gasteiger partial charge in [0.05, 0.1) is 11.8 Å². The average Bonchev–Trinajstić information content (AvgIpc) is 2.81. The van der Waals surface area contributed by atoms with Crippen LogP contribution in [-0.2, 0) is 9.59 Å². The summed E-state index contributed by atoms with van der Waals surface area (Å²) in [6, 6.07) is -0.148. The second-order valence-electron chi connectivity index (χ2n) is 7.24. The van der Waals surface area contributed by atoms with Crippen LogP contribution in [0, 0.1) is 23.2 Å². The van der Waals surface area contributed by atoms with Gasteiger partial charge in [-0.2, -0.15) is 0 Å². The normalized spacial score (nSPS) is 27.4. The first-order chi connectivity index (χ1) is 9.70. The maximum atomic E-state index is 12.5. The van der Waals surface area contributed by atoms with Crippen LogP contribution in [0.2, 0.25) is 0 Å². The number of hydrogen-bond acceptors (Lipinski definition) is 3. The molecule has 1 aliphatic carbocycles. The summed E-state index contributed by atoms with van der Waals surface area (Å²) >= 11 is 0. The molecular weight excluding hydrogens is 270 g/mol. The highest BCUT2D eigenvalue weighted by molar-refractivity contribution is 5.85. The summed E-state index contributed by atoms with van der Waals surface area (Å²) in [5.41, 5.74) is -0.167. The number of amides is 1. The van der Waals surface area contributed by atoms with Gasteiger partial charge in [-0.05, 0) is 30.6 Å². The molecule has 5 heteroatoms. The molecule has 3 N–H and O–H groups in total. The molecule has 1 fully saturated rings. The summed E-state index contributed by atoms with van der Waals surface area (Å²) in [5.74, 6) is -1.76. The van der Waals surface area contributed by atoms with E-state index >= 15 is 0 Å². The number of aliphatic hydroxyl groups excluding tert-OH is 1. The molecule has 0 saturated heterocycles. The van der Waals surface area contributed by atoms with Crippen molar-refractivity contribution in [1.29, 1.82) is 0 Å². The SMILES string of the molecule is CCC1C[C@H](C(=O)NC(CCO)C(C)(C)C)[C@H](C(=O)O)C1. The number of carbonyl (C=O) groups is 2. The molecule has 1 rings (SSSR count). The fourth-order valence-electron chi connectivity index (χ4n) is 3.17. The zero-order valence-corrected chi connectivity index (χ0v) is 13.6. The number of carboxylic acids is 1. The van der Waals surface area contributed by atoms with Crippen LogP contribution in [0.25, 0.3) is 0 Å². The van der Waals surface area contributed by atoms with Crippen molar-refractivity contribution in [3.8, 4) is 0 Å². The first kappa shape index (κ1) is 18.0. The van der Waals surface area contributed by atoms with E-state index in [0.717, 1.165) is 6.42 Å². The van der Waals surface area contributed by atoms with Crippen LogP contribution in [0.3, 0.4) is 0 Å². The lowest BCUT2D eigenvalue weighted by Crippen LogP contribution is -2.47. The first-order valence-corrected chi connectivity index (χ1v) is 7.84. The largest absolute Gasteiger partial charge is 0.481 e. The van der Waals surface area contributed by atoms with E-state index in [4.69, 9.17) is 5.11 Å². The molecule has 0 bridgehead atoms. The molecule has 0 aromatic carbocycles. The van der Waals surface area contributed by atoms with Gasteiger partial charge in [0.15, 0.2) is 0 Å². The van der Waals surface area contributed by atoms with Crippen LogP contribution >= 0.6 is 0 Å². The van der Waals surface area contributed by atoms with Gasteiger partial charge in [-0.25, -0.2) is 0 Å². The Bertz CT molecular complexity index is 375. The van der Waals surface area contributed by atoms with Crippen molar-refractivity contribution in [2.45, 2.75) is 59.4 Å². The summed E-state index contributed by atoms with van der Waals surface area (Å²) < 4.78 is 0. The van der Waals surface area contributed by atoms with E-state index in [9.17, 15) is 14.7 Å². The van der Waals surface area contributed by atoms with E-state index < -0.39 is 17.8 Å². The number of rotatable bonds is 6. The second-order valence-corrected chi connectivity index (χ2v) is 7.24. The van der Waals surface area contributed by atoms with Crippen molar-refractivity contribution in [3.63, 3.8) is 0 Å². The third-order valence-electron chi connectivity index (χ3n) is 4.67. The second kappa shape index (κ2) is 7.25. The van der Waals surface area contributed by atoms with Gasteiger partial charge in [-0.15, -0.1) is 0 Å². The Morgan fingerprint density at radius 2 is 1.81 bits per heavy atom. The Morgan fingerprint density at radius 1 is 1.24 bits per heavy atom. The molecule has 1 saturated carbocycles. The zero-order valence-electron chi connectivity index (χ0n) is 13.6. The predicted molar refractivity (Wildman–Crippen MR) is 80.7 cm³/mol. The molecule has 0 heterocycles. The summed E-state index contributed by atoms with van der Waals surface area (Å²) in [7, 11) is 0. The van der Waals surface area contributed by atoms with Gasteiger partial charge in [0.1, 0.15) is 0 Å². The van der Waals surface area contributed by atoms with Crippen molar-refractivity contribution < 1.29 is 19.8 Å². The van der Waals surface area contributed by atoms with E-state index in [1.54, 1.807) is 0 Å². The Kier molecular flexibility index (Phi) is 6.20. The van der Waals surface area contributed by atoms with Gasteiger partial charge in [0.25, 0.3) is 0 Å². The molecule has 0 aromatic heterocycles. The smallest absolute Gasteiger partial charge is 0.307 e. The quantitative estimate of drug-likeness (QED) is 0.700. The Hall–Kier alpha value is -1.10.